The van der Waals surface area contributed by atoms with Crippen molar-refractivity contribution in [2.24, 2.45) is 5.16 Å². The molecule has 10 heteroatoms. The molecule has 1 aromatic heterocycles. The number of benzene rings is 2. The summed E-state index contributed by atoms with van der Waals surface area (Å²) in [6.07, 6.45) is -0.187. The van der Waals surface area contributed by atoms with E-state index in [-0.39, 0.29) is 24.9 Å². The maximum Gasteiger partial charge on any atom is 0.408 e. The van der Waals surface area contributed by atoms with Crippen molar-refractivity contribution in [3.05, 3.63) is 71.9 Å². The summed E-state index contributed by atoms with van der Waals surface area (Å²) in [6, 6.07) is 16.9. The molecule has 0 radical (unpaired) electrons. The van der Waals surface area contributed by atoms with Gasteiger partial charge in [-0.1, -0.05) is 52.8 Å². The molecule has 0 spiro atoms. The topological polar surface area (TPSA) is 119 Å². The third-order valence-corrected chi connectivity index (χ3v) is 5.44. The summed E-state index contributed by atoms with van der Waals surface area (Å²) in [7, 11) is 1.46. The Kier molecular flexibility index (Phi) is 7.33. The van der Waals surface area contributed by atoms with E-state index in [1.54, 1.807) is 37.8 Å². The van der Waals surface area contributed by atoms with Crippen molar-refractivity contribution >= 4 is 17.7 Å². The molecule has 0 saturated carbocycles. The maximum atomic E-state index is 13.5. The lowest BCUT2D eigenvalue weighted by atomic mass is 10.0. The van der Waals surface area contributed by atoms with Crippen molar-refractivity contribution in [1.29, 1.82) is 0 Å². The molecule has 2 amide bonds. The number of likely N-dealkylation sites (tertiary alicyclic amines) is 1. The Balaban J connectivity index is 1.49. The Hall–Kier alpha value is -4.21. The van der Waals surface area contributed by atoms with E-state index in [0.717, 1.165) is 11.1 Å². The molecule has 1 fully saturated rings. The van der Waals surface area contributed by atoms with E-state index in [1.807, 2.05) is 42.5 Å². The zero-order valence-electron chi connectivity index (χ0n) is 20.7. The number of ether oxygens (including phenoxy) is 1. The van der Waals surface area contributed by atoms with Crippen LogP contribution in [0, 0.1) is 0 Å². The van der Waals surface area contributed by atoms with E-state index in [0.29, 0.717) is 23.5 Å². The van der Waals surface area contributed by atoms with Gasteiger partial charge in [0.15, 0.2) is 5.82 Å². The summed E-state index contributed by atoms with van der Waals surface area (Å²) < 4.78 is 10.5. The number of amides is 2. The monoisotopic (exact) mass is 491 g/mol. The van der Waals surface area contributed by atoms with Crippen LogP contribution in [0.5, 0.6) is 0 Å². The van der Waals surface area contributed by atoms with Crippen molar-refractivity contribution in [2.75, 3.05) is 13.7 Å². The number of nitrogens with zero attached hydrogens (tertiary/aromatic N) is 4. The van der Waals surface area contributed by atoms with E-state index >= 15 is 0 Å². The van der Waals surface area contributed by atoms with Gasteiger partial charge >= 0.3 is 6.09 Å². The maximum absolute atomic E-state index is 13.5. The lowest BCUT2D eigenvalue weighted by Crippen LogP contribution is -2.32. The van der Waals surface area contributed by atoms with E-state index in [4.69, 9.17) is 14.1 Å². The average Bonchev–Trinajstić information content (AvgIpc) is 3.49. The Morgan fingerprint density at radius 3 is 2.47 bits per heavy atom. The van der Waals surface area contributed by atoms with E-state index in [2.05, 4.69) is 20.6 Å². The summed E-state index contributed by atoms with van der Waals surface area (Å²) in [5, 5.41) is 10.7. The van der Waals surface area contributed by atoms with Gasteiger partial charge in [-0.05, 0) is 44.0 Å². The molecule has 0 aliphatic carbocycles. The number of carbonyl (C=O) groups is 2. The fourth-order valence-corrected chi connectivity index (χ4v) is 3.88. The average molecular weight is 492 g/mol. The number of rotatable bonds is 6. The summed E-state index contributed by atoms with van der Waals surface area (Å²) in [6.45, 7) is 5.60. The molecule has 1 saturated heterocycles. The lowest BCUT2D eigenvalue weighted by Gasteiger charge is -2.21. The highest BCUT2D eigenvalue weighted by atomic mass is 16.6. The fourth-order valence-electron chi connectivity index (χ4n) is 3.88. The molecule has 1 aliphatic heterocycles. The van der Waals surface area contributed by atoms with Crippen molar-refractivity contribution in [3.8, 4) is 11.1 Å². The minimum absolute atomic E-state index is 0.00253. The normalized spacial score (nSPS) is 16.7. The summed E-state index contributed by atoms with van der Waals surface area (Å²) >= 11 is 0. The van der Waals surface area contributed by atoms with Gasteiger partial charge in [-0.3, -0.25) is 4.79 Å². The van der Waals surface area contributed by atoms with Crippen LogP contribution in [-0.4, -0.2) is 52.0 Å². The van der Waals surface area contributed by atoms with Crippen LogP contribution in [0.3, 0.4) is 0 Å². The molecule has 188 valence electrons. The second-order valence-corrected chi connectivity index (χ2v) is 9.34. The SMILES string of the molecule is CO/N=C1\C[C@@H](c2noc(CNC(=O)OC(C)(C)C)n2)N(C(=O)c2ccc(-c3ccccc3)cc2)C1. The highest BCUT2D eigenvalue weighted by Gasteiger charge is 2.38. The number of alkyl carbamates (subject to hydrolysis) is 1. The quantitative estimate of drug-likeness (QED) is 0.509. The predicted octanol–water partition coefficient (Wildman–Crippen LogP) is 4.35. The van der Waals surface area contributed by atoms with Gasteiger partial charge in [-0.2, -0.15) is 4.98 Å². The lowest BCUT2D eigenvalue weighted by molar-refractivity contribution is 0.0517. The first-order valence-corrected chi connectivity index (χ1v) is 11.6. The van der Waals surface area contributed by atoms with Crippen LogP contribution in [0.4, 0.5) is 4.79 Å². The minimum Gasteiger partial charge on any atom is -0.444 e. The molecule has 0 unspecified atom stereocenters. The first-order chi connectivity index (χ1) is 17.2. The number of carbonyl (C=O) groups excluding carboxylic acids is 2. The van der Waals surface area contributed by atoms with Gasteiger partial charge in [-0.15, -0.1) is 0 Å². The van der Waals surface area contributed by atoms with Crippen molar-refractivity contribution in [3.63, 3.8) is 0 Å². The molecule has 4 rings (SSSR count). The van der Waals surface area contributed by atoms with Crippen molar-refractivity contribution in [2.45, 2.75) is 45.4 Å². The summed E-state index contributed by atoms with van der Waals surface area (Å²) in [5.41, 5.74) is 2.70. The van der Waals surface area contributed by atoms with Gasteiger partial charge in [0.2, 0.25) is 5.89 Å². The van der Waals surface area contributed by atoms with Crippen molar-refractivity contribution < 1.29 is 23.7 Å². The fraction of sp³-hybridized carbons (Fsp3) is 0.346. The molecule has 0 bridgehead atoms. The highest BCUT2D eigenvalue weighted by molar-refractivity contribution is 6.00. The molecule has 3 aromatic rings. The largest absolute Gasteiger partial charge is 0.444 e. The molecular weight excluding hydrogens is 462 g/mol. The molecule has 1 aliphatic rings. The predicted molar refractivity (Wildman–Crippen MR) is 132 cm³/mol. The van der Waals surface area contributed by atoms with Crippen LogP contribution in [0.25, 0.3) is 11.1 Å². The Morgan fingerprint density at radius 1 is 1.11 bits per heavy atom. The van der Waals surface area contributed by atoms with Gasteiger partial charge in [0.1, 0.15) is 25.3 Å². The van der Waals surface area contributed by atoms with E-state index in [9.17, 15) is 9.59 Å². The van der Waals surface area contributed by atoms with Crippen molar-refractivity contribution in [1.82, 2.24) is 20.4 Å². The van der Waals surface area contributed by atoms with E-state index < -0.39 is 17.7 Å². The zero-order chi connectivity index (χ0) is 25.7. The van der Waals surface area contributed by atoms with Crippen LogP contribution >= 0.6 is 0 Å². The number of nitrogens with one attached hydrogen (secondary N) is 1. The molecule has 1 N–H and O–H groups in total. The van der Waals surface area contributed by atoms with Gasteiger partial charge in [0, 0.05) is 12.0 Å². The smallest absolute Gasteiger partial charge is 0.408 e. The standard InChI is InChI=1S/C26H29N5O5/c1-26(2,3)35-25(33)27-15-22-28-23(30-36-22)21-14-20(29-34-4)16-31(21)24(32)19-12-10-18(11-13-19)17-8-6-5-7-9-17/h5-13,21H,14-16H2,1-4H3,(H,27,33)/b29-20+/t21-/m0/s1. The molecule has 2 aromatic carbocycles. The Morgan fingerprint density at radius 2 is 1.81 bits per heavy atom. The second-order valence-electron chi connectivity index (χ2n) is 9.34. The molecule has 1 atom stereocenters. The van der Waals surface area contributed by atoms with Gasteiger partial charge in [0.05, 0.1) is 12.3 Å². The number of oxime groups is 1. The number of hydrogen-bond acceptors (Lipinski definition) is 8. The molecule has 36 heavy (non-hydrogen) atoms. The molecular formula is C26H29N5O5. The Bertz CT molecular complexity index is 1230. The molecule has 10 nitrogen and oxygen atoms in total. The zero-order valence-corrected chi connectivity index (χ0v) is 20.7. The summed E-state index contributed by atoms with van der Waals surface area (Å²) in [5.74, 6) is 0.346. The number of aromatic nitrogens is 2. The van der Waals surface area contributed by atoms with Crippen LogP contribution in [0.15, 0.2) is 64.3 Å². The molecule has 2 heterocycles. The van der Waals surface area contributed by atoms with Crippen LogP contribution in [0.1, 0.15) is 55.3 Å². The minimum atomic E-state index is -0.620. The van der Waals surface area contributed by atoms with E-state index in [1.165, 1.54) is 7.11 Å². The van der Waals surface area contributed by atoms with Gasteiger partial charge in [0.25, 0.3) is 5.91 Å². The van der Waals surface area contributed by atoms with Gasteiger partial charge < -0.3 is 24.3 Å². The van der Waals surface area contributed by atoms with Crippen LogP contribution in [0.2, 0.25) is 0 Å². The highest BCUT2D eigenvalue weighted by Crippen LogP contribution is 2.31. The van der Waals surface area contributed by atoms with Gasteiger partial charge in [-0.25, -0.2) is 4.79 Å². The Labute approximate surface area is 209 Å². The third kappa shape index (κ3) is 6.07. The third-order valence-electron chi connectivity index (χ3n) is 5.44. The first kappa shape index (κ1) is 24.9. The van der Waals surface area contributed by atoms with Crippen LogP contribution < -0.4 is 5.32 Å². The first-order valence-electron chi connectivity index (χ1n) is 11.6. The number of hydrogen-bond donors (Lipinski definition) is 1. The second kappa shape index (κ2) is 10.6. The van der Waals surface area contributed by atoms with Crippen LogP contribution in [-0.2, 0) is 16.1 Å². The summed E-state index contributed by atoms with van der Waals surface area (Å²) in [4.78, 5) is 36.4.